The number of methoxy groups -OCH3 is 1. The van der Waals surface area contributed by atoms with Crippen LogP contribution in [0.4, 0.5) is 5.82 Å². The lowest BCUT2D eigenvalue weighted by Gasteiger charge is -2.08. The first kappa shape index (κ1) is 10.8. The Hall–Kier alpha value is -1.68. The average Bonchev–Trinajstić information content (AvgIpc) is 2.60. The van der Waals surface area contributed by atoms with E-state index in [2.05, 4.69) is 5.10 Å². The lowest BCUT2D eigenvalue weighted by molar-refractivity contribution is 0.416. The minimum absolute atomic E-state index is 0.598. The normalized spacial score (nSPS) is 10.4. The quantitative estimate of drug-likeness (QED) is 0.872. The molecule has 0 fully saturated rings. The third-order valence-corrected chi connectivity index (χ3v) is 2.67. The van der Waals surface area contributed by atoms with E-state index >= 15 is 0 Å². The second-order valence-electron chi connectivity index (χ2n) is 3.41. The molecule has 2 N–H and O–H groups in total. The number of rotatable bonds is 2. The van der Waals surface area contributed by atoms with Gasteiger partial charge in [0, 0.05) is 23.2 Å². The minimum atomic E-state index is 0.598. The lowest BCUT2D eigenvalue weighted by atomic mass is 10.1. The number of halogens is 1. The maximum absolute atomic E-state index is 5.91. The zero-order valence-electron chi connectivity index (χ0n) is 9.07. The number of nitrogens with two attached hydrogens (primary N) is 1. The Labute approximate surface area is 98.6 Å². The summed E-state index contributed by atoms with van der Waals surface area (Å²) in [5, 5.41) is 4.72. The number of nitrogen functional groups attached to an aromatic ring is 1. The van der Waals surface area contributed by atoms with Gasteiger partial charge >= 0.3 is 0 Å². The third kappa shape index (κ3) is 1.72. The SMILES string of the molecule is COc1cc(Cl)ccc1-c1cnn(C)c1N. The van der Waals surface area contributed by atoms with Gasteiger partial charge in [0.1, 0.15) is 11.6 Å². The van der Waals surface area contributed by atoms with Crippen molar-refractivity contribution in [3.8, 4) is 16.9 Å². The molecule has 2 rings (SSSR count). The van der Waals surface area contributed by atoms with Crippen molar-refractivity contribution in [2.24, 2.45) is 7.05 Å². The van der Waals surface area contributed by atoms with Crippen molar-refractivity contribution in [3.63, 3.8) is 0 Å². The Morgan fingerprint density at radius 1 is 1.38 bits per heavy atom. The number of benzene rings is 1. The Kier molecular flexibility index (Phi) is 2.75. The Balaban J connectivity index is 2.59. The van der Waals surface area contributed by atoms with E-state index in [0.29, 0.717) is 16.6 Å². The second kappa shape index (κ2) is 4.06. The largest absolute Gasteiger partial charge is 0.496 e. The molecule has 0 atom stereocenters. The van der Waals surface area contributed by atoms with Gasteiger partial charge < -0.3 is 10.5 Å². The lowest BCUT2D eigenvalue weighted by Crippen LogP contribution is -1.98. The van der Waals surface area contributed by atoms with Crippen LogP contribution in [-0.4, -0.2) is 16.9 Å². The molecular weight excluding hydrogens is 226 g/mol. The number of nitrogens with zero attached hydrogens (tertiary/aromatic N) is 2. The van der Waals surface area contributed by atoms with Gasteiger partial charge in [0.15, 0.2) is 0 Å². The topological polar surface area (TPSA) is 53.1 Å². The fourth-order valence-electron chi connectivity index (χ4n) is 1.54. The van der Waals surface area contributed by atoms with Crippen LogP contribution in [0.5, 0.6) is 5.75 Å². The molecule has 0 aliphatic carbocycles. The maximum Gasteiger partial charge on any atom is 0.129 e. The summed E-state index contributed by atoms with van der Waals surface area (Å²) < 4.78 is 6.88. The van der Waals surface area contributed by atoms with Gasteiger partial charge in [-0.05, 0) is 18.2 Å². The van der Waals surface area contributed by atoms with E-state index in [-0.39, 0.29) is 0 Å². The molecule has 0 aliphatic heterocycles. The average molecular weight is 238 g/mol. The molecule has 2 aromatic rings. The smallest absolute Gasteiger partial charge is 0.129 e. The van der Waals surface area contributed by atoms with Crippen molar-refractivity contribution in [2.75, 3.05) is 12.8 Å². The first-order valence-corrected chi connectivity index (χ1v) is 5.12. The van der Waals surface area contributed by atoms with Gasteiger partial charge in [-0.3, -0.25) is 4.68 Å². The number of ether oxygens (including phenoxy) is 1. The Bertz CT molecular complexity index is 522. The molecule has 0 bridgehead atoms. The number of aromatic nitrogens is 2. The van der Waals surface area contributed by atoms with E-state index in [9.17, 15) is 0 Å². The molecule has 0 saturated carbocycles. The summed E-state index contributed by atoms with van der Waals surface area (Å²) in [7, 11) is 3.39. The van der Waals surface area contributed by atoms with Gasteiger partial charge in [-0.15, -0.1) is 0 Å². The molecule has 0 saturated heterocycles. The Morgan fingerprint density at radius 3 is 2.69 bits per heavy atom. The summed E-state index contributed by atoms with van der Waals surface area (Å²) in [5.41, 5.74) is 7.64. The third-order valence-electron chi connectivity index (χ3n) is 2.44. The highest BCUT2D eigenvalue weighted by atomic mass is 35.5. The molecule has 1 aromatic carbocycles. The van der Waals surface area contributed by atoms with Gasteiger partial charge in [-0.1, -0.05) is 11.6 Å². The van der Waals surface area contributed by atoms with Crippen LogP contribution in [0.2, 0.25) is 5.02 Å². The molecule has 0 aliphatic rings. The fraction of sp³-hybridized carbons (Fsp3) is 0.182. The second-order valence-corrected chi connectivity index (χ2v) is 3.85. The van der Waals surface area contributed by atoms with Crippen molar-refractivity contribution in [3.05, 3.63) is 29.4 Å². The van der Waals surface area contributed by atoms with Crippen LogP contribution in [0.1, 0.15) is 0 Å². The predicted molar refractivity (Wildman–Crippen MR) is 64.6 cm³/mol. The molecule has 0 spiro atoms. The minimum Gasteiger partial charge on any atom is -0.496 e. The molecule has 84 valence electrons. The van der Waals surface area contributed by atoms with Crippen molar-refractivity contribution < 1.29 is 4.74 Å². The molecule has 1 heterocycles. The van der Waals surface area contributed by atoms with E-state index in [4.69, 9.17) is 22.1 Å². The van der Waals surface area contributed by atoms with E-state index < -0.39 is 0 Å². The van der Waals surface area contributed by atoms with Crippen LogP contribution in [0, 0.1) is 0 Å². The summed E-state index contributed by atoms with van der Waals surface area (Å²) in [4.78, 5) is 0. The number of aryl methyl sites for hydroxylation is 1. The fourth-order valence-corrected chi connectivity index (χ4v) is 1.70. The number of hydrogen-bond acceptors (Lipinski definition) is 3. The standard InChI is InChI=1S/C11H12ClN3O/c1-15-11(13)9(6-14-15)8-4-3-7(12)5-10(8)16-2/h3-6H,13H2,1-2H3. The zero-order chi connectivity index (χ0) is 11.7. The zero-order valence-corrected chi connectivity index (χ0v) is 9.82. The van der Waals surface area contributed by atoms with Gasteiger partial charge in [-0.25, -0.2) is 0 Å². The van der Waals surface area contributed by atoms with Crippen LogP contribution >= 0.6 is 11.6 Å². The molecular formula is C11H12ClN3O. The molecule has 1 aromatic heterocycles. The number of hydrogen-bond donors (Lipinski definition) is 1. The van der Waals surface area contributed by atoms with E-state index in [0.717, 1.165) is 11.1 Å². The van der Waals surface area contributed by atoms with Crippen LogP contribution in [0.25, 0.3) is 11.1 Å². The molecule has 0 unspecified atom stereocenters. The van der Waals surface area contributed by atoms with E-state index in [1.165, 1.54) is 0 Å². The highest BCUT2D eigenvalue weighted by Gasteiger charge is 2.12. The van der Waals surface area contributed by atoms with Crippen LogP contribution in [0.15, 0.2) is 24.4 Å². The van der Waals surface area contributed by atoms with Crippen LogP contribution < -0.4 is 10.5 Å². The number of anilines is 1. The van der Waals surface area contributed by atoms with Crippen molar-refractivity contribution >= 4 is 17.4 Å². The van der Waals surface area contributed by atoms with Gasteiger partial charge in [0.25, 0.3) is 0 Å². The molecule has 16 heavy (non-hydrogen) atoms. The van der Waals surface area contributed by atoms with E-state index in [1.54, 1.807) is 37.2 Å². The molecule has 5 heteroatoms. The highest BCUT2D eigenvalue weighted by Crippen LogP contribution is 2.34. The van der Waals surface area contributed by atoms with Gasteiger partial charge in [0.05, 0.1) is 13.3 Å². The van der Waals surface area contributed by atoms with Gasteiger partial charge in [-0.2, -0.15) is 5.10 Å². The van der Waals surface area contributed by atoms with Crippen LogP contribution in [0.3, 0.4) is 0 Å². The summed E-state index contributed by atoms with van der Waals surface area (Å²) >= 11 is 5.90. The summed E-state index contributed by atoms with van der Waals surface area (Å²) in [6.07, 6.45) is 1.71. The first-order chi connectivity index (χ1) is 7.63. The predicted octanol–water partition coefficient (Wildman–Crippen LogP) is 2.33. The van der Waals surface area contributed by atoms with Crippen molar-refractivity contribution in [1.29, 1.82) is 0 Å². The van der Waals surface area contributed by atoms with E-state index in [1.807, 2.05) is 6.07 Å². The van der Waals surface area contributed by atoms with Gasteiger partial charge in [0.2, 0.25) is 0 Å². The summed E-state index contributed by atoms with van der Waals surface area (Å²) in [5.74, 6) is 1.29. The monoisotopic (exact) mass is 237 g/mol. The summed E-state index contributed by atoms with van der Waals surface area (Å²) in [6.45, 7) is 0. The van der Waals surface area contributed by atoms with Crippen molar-refractivity contribution in [1.82, 2.24) is 9.78 Å². The molecule has 0 radical (unpaired) electrons. The Morgan fingerprint density at radius 2 is 2.12 bits per heavy atom. The molecule has 0 amide bonds. The summed E-state index contributed by atoms with van der Waals surface area (Å²) in [6, 6.07) is 5.42. The maximum atomic E-state index is 5.91. The first-order valence-electron chi connectivity index (χ1n) is 4.75. The highest BCUT2D eigenvalue weighted by molar-refractivity contribution is 6.30. The van der Waals surface area contributed by atoms with Crippen molar-refractivity contribution in [2.45, 2.75) is 0 Å². The van der Waals surface area contributed by atoms with Crippen LogP contribution in [-0.2, 0) is 7.05 Å². The molecule has 4 nitrogen and oxygen atoms in total.